The first kappa shape index (κ1) is 11.5. The molecule has 1 saturated carbocycles. The Balaban J connectivity index is 1.83. The molecular formula is C11H21N5. The molecule has 0 aliphatic heterocycles. The van der Waals surface area contributed by atoms with E-state index in [0.717, 1.165) is 24.2 Å². The van der Waals surface area contributed by atoms with Gasteiger partial charge in [-0.15, -0.1) is 10.2 Å². The fraction of sp³-hybridized carbons (Fsp3) is 0.909. The van der Waals surface area contributed by atoms with Crippen molar-refractivity contribution >= 4 is 0 Å². The fourth-order valence-electron chi connectivity index (χ4n) is 2.73. The SMILES string of the molecule is CCC1CCC(NCc2nnn(C)n2)C1C. The molecule has 5 heteroatoms. The summed E-state index contributed by atoms with van der Waals surface area (Å²) in [4.78, 5) is 1.50. The van der Waals surface area contributed by atoms with E-state index in [1.54, 1.807) is 7.05 Å². The number of rotatable bonds is 4. The maximum Gasteiger partial charge on any atom is 0.188 e. The van der Waals surface area contributed by atoms with E-state index in [0.29, 0.717) is 6.04 Å². The molecule has 0 saturated heterocycles. The molecule has 16 heavy (non-hydrogen) atoms. The van der Waals surface area contributed by atoms with Gasteiger partial charge in [-0.2, -0.15) is 4.80 Å². The summed E-state index contributed by atoms with van der Waals surface area (Å²) in [5, 5.41) is 15.5. The minimum atomic E-state index is 0.619. The van der Waals surface area contributed by atoms with Gasteiger partial charge in [-0.05, 0) is 29.9 Å². The van der Waals surface area contributed by atoms with Gasteiger partial charge < -0.3 is 5.32 Å². The van der Waals surface area contributed by atoms with Gasteiger partial charge in [0.25, 0.3) is 0 Å². The third-order valence-electron chi connectivity index (χ3n) is 3.82. The highest BCUT2D eigenvalue weighted by Crippen LogP contribution is 2.33. The lowest BCUT2D eigenvalue weighted by Gasteiger charge is -2.20. The molecule has 90 valence electrons. The molecule has 1 aromatic heterocycles. The van der Waals surface area contributed by atoms with Crippen molar-refractivity contribution in [3.05, 3.63) is 5.82 Å². The van der Waals surface area contributed by atoms with Crippen LogP contribution in [0.4, 0.5) is 0 Å². The van der Waals surface area contributed by atoms with Gasteiger partial charge in [0.15, 0.2) is 5.82 Å². The Kier molecular flexibility index (Phi) is 3.53. The fourth-order valence-corrected chi connectivity index (χ4v) is 2.73. The molecule has 1 fully saturated rings. The van der Waals surface area contributed by atoms with Crippen molar-refractivity contribution in [2.24, 2.45) is 18.9 Å². The van der Waals surface area contributed by atoms with Crippen LogP contribution in [-0.2, 0) is 13.6 Å². The largest absolute Gasteiger partial charge is 0.307 e. The number of aromatic nitrogens is 4. The smallest absolute Gasteiger partial charge is 0.188 e. The zero-order valence-corrected chi connectivity index (χ0v) is 10.3. The third-order valence-corrected chi connectivity index (χ3v) is 3.82. The normalized spacial score (nSPS) is 29.8. The molecule has 5 nitrogen and oxygen atoms in total. The van der Waals surface area contributed by atoms with Gasteiger partial charge in [0, 0.05) is 6.04 Å². The van der Waals surface area contributed by atoms with Crippen molar-refractivity contribution in [3.8, 4) is 0 Å². The van der Waals surface area contributed by atoms with E-state index in [4.69, 9.17) is 0 Å². The zero-order valence-electron chi connectivity index (χ0n) is 10.3. The predicted molar refractivity (Wildman–Crippen MR) is 61.6 cm³/mol. The second kappa shape index (κ2) is 4.91. The molecule has 3 unspecified atom stereocenters. The lowest BCUT2D eigenvalue weighted by molar-refractivity contribution is 0.342. The van der Waals surface area contributed by atoms with Crippen molar-refractivity contribution < 1.29 is 0 Å². The van der Waals surface area contributed by atoms with Crippen LogP contribution in [0.15, 0.2) is 0 Å². The first-order valence-electron chi connectivity index (χ1n) is 6.17. The predicted octanol–water partition coefficient (Wildman–Crippen LogP) is 1.12. The van der Waals surface area contributed by atoms with E-state index in [1.807, 2.05) is 0 Å². The molecule has 1 aliphatic rings. The minimum absolute atomic E-state index is 0.619. The van der Waals surface area contributed by atoms with Gasteiger partial charge in [-0.25, -0.2) is 0 Å². The van der Waals surface area contributed by atoms with Gasteiger partial charge in [0.2, 0.25) is 0 Å². The van der Waals surface area contributed by atoms with Crippen LogP contribution in [0.5, 0.6) is 0 Å². The molecule has 3 atom stereocenters. The summed E-state index contributed by atoms with van der Waals surface area (Å²) < 4.78 is 0. The molecule has 0 amide bonds. The Morgan fingerprint density at radius 1 is 1.44 bits per heavy atom. The highest BCUT2D eigenvalue weighted by Gasteiger charge is 2.31. The van der Waals surface area contributed by atoms with Crippen molar-refractivity contribution in [2.75, 3.05) is 0 Å². The summed E-state index contributed by atoms with van der Waals surface area (Å²) in [6, 6.07) is 0.619. The van der Waals surface area contributed by atoms with Crippen molar-refractivity contribution in [3.63, 3.8) is 0 Å². The van der Waals surface area contributed by atoms with Crippen molar-refractivity contribution in [2.45, 2.75) is 45.7 Å². The molecular weight excluding hydrogens is 202 g/mol. The summed E-state index contributed by atoms with van der Waals surface area (Å²) in [7, 11) is 1.79. The van der Waals surface area contributed by atoms with Crippen LogP contribution in [-0.4, -0.2) is 26.2 Å². The molecule has 1 aliphatic carbocycles. The topological polar surface area (TPSA) is 55.6 Å². The van der Waals surface area contributed by atoms with E-state index >= 15 is 0 Å². The molecule has 1 aromatic rings. The lowest BCUT2D eigenvalue weighted by atomic mass is 9.93. The summed E-state index contributed by atoms with van der Waals surface area (Å²) in [5.74, 6) is 2.43. The maximum atomic E-state index is 4.17. The number of aryl methyl sites for hydroxylation is 1. The summed E-state index contributed by atoms with van der Waals surface area (Å²) in [5.41, 5.74) is 0. The van der Waals surface area contributed by atoms with Crippen molar-refractivity contribution in [1.29, 1.82) is 0 Å². The van der Waals surface area contributed by atoms with Gasteiger partial charge in [-0.3, -0.25) is 0 Å². The van der Waals surface area contributed by atoms with Gasteiger partial charge in [0.05, 0.1) is 13.6 Å². The molecule has 1 heterocycles. The van der Waals surface area contributed by atoms with Gasteiger partial charge >= 0.3 is 0 Å². The second-order valence-corrected chi connectivity index (χ2v) is 4.79. The van der Waals surface area contributed by atoms with Gasteiger partial charge in [-0.1, -0.05) is 20.3 Å². The highest BCUT2D eigenvalue weighted by atomic mass is 15.6. The zero-order chi connectivity index (χ0) is 11.5. The van der Waals surface area contributed by atoms with E-state index < -0.39 is 0 Å². The van der Waals surface area contributed by atoms with Crippen LogP contribution in [0.2, 0.25) is 0 Å². The molecule has 0 bridgehead atoms. The minimum Gasteiger partial charge on any atom is -0.307 e. The van der Waals surface area contributed by atoms with Gasteiger partial charge in [0.1, 0.15) is 0 Å². The average molecular weight is 223 g/mol. The molecule has 2 rings (SSSR count). The van der Waals surface area contributed by atoms with Crippen LogP contribution >= 0.6 is 0 Å². The Morgan fingerprint density at radius 3 is 2.81 bits per heavy atom. The van der Waals surface area contributed by atoms with Crippen LogP contribution < -0.4 is 5.32 Å². The molecule has 0 aromatic carbocycles. The van der Waals surface area contributed by atoms with E-state index in [-0.39, 0.29) is 0 Å². The number of tetrazole rings is 1. The lowest BCUT2D eigenvalue weighted by Crippen LogP contribution is -2.32. The van der Waals surface area contributed by atoms with E-state index in [1.165, 1.54) is 24.1 Å². The maximum absolute atomic E-state index is 4.17. The van der Waals surface area contributed by atoms with Crippen LogP contribution in [0.1, 0.15) is 38.9 Å². The Morgan fingerprint density at radius 2 is 2.25 bits per heavy atom. The quantitative estimate of drug-likeness (QED) is 0.831. The Hall–Kier alpha value is -0.970. The molecule has 0 spiro atoms. The van der Waals surface area contributed by atoms with Crippen molar-refractivity contribution in [1.82, 2.24) is 25.5 Å². The Labute approximate surface area is 96.6 Å². The number of hydrogen-bond acceptors (Lipinski definition) is 4. The molecule has 1 N–H and O–H groups in total. The number of nitrogens with one attached hydrogen (secondary N) is 1. The Bertz CT molecular complexity index is 335. The molecule has 0 radical (unpaired) electrons. The third kappa shape index (κ3) is 2.40. The number of hydrogen-bond donors (Lipinski definition) is 1. The standard InChI is InChI=1S/C11H21N5/c1-4-9-5-6-10(8(9)2)12-7-11-13-15-16(3)14-11/h8-10,12H,4-7H2,1-3H3. The second-order valence-electron chi connectivity index (χ2n) is 4.79. The van der Waals surface area contributed by atoms with E-state index in [2.05, 4.69) is 34.6 Å². The van der Waals surface area contributed by atoms with Crippen LogP contribution in [0, 0.1) is 11.8 Å². The first-order chi connectivity index (χ1) is 7.70. The summed E-state index contributed by atoms with van der Waals surface area (Å²) in [6.07, 6.45) is 3.92. The van der Waals surface area contributed by atoms with Crippen LogP contribution in [0.25, 0.3) is 0 Å². The van der Waals surface area contributed by atoms with E-state index in [9.17, 15) is 0 Å². The van der Waals surface area contributed by atoms with Crippen LogP contribution in [0.3, 0.4) is 0 Å². The summed E-state index contributed by atoms with van der Waals surface area (Å²) in [6.45, 7) is 5.37. The first-order valence-corrected chi connectivity index (χ1v) is 6.17. The summed E-state index contributed by atoms with van der Waals surface area (Å²) >= 11 is 0. The highest BCUT2D eigenvalue weighted by molar-refractivity contribution is 4.88. The monoisotopic (exact) mass is 223 g/mol. The average Bonchev–Trinajstić information content (AvgIpc) is 2.83. The number of nitrogens with zero attached hydrogens (tertiary/aromatic N) is 4.